The summed E-state index contributed by atoms with van der Waals surface area (Å²) in [6.45, 7) is 9.06. The fourth-order valence-electron chi connectivity index (χ4n) is 2.01. The third kappa shape index (κ3) is 4.54. The summed E-state index contributed by atoms with van der Waals surface area (Å²) >= 11 is 0. The Labute approximate surface area is 92.6 Å². The molecule has 0 spiro atoms. The molecule has 0 aromatic heterocycles. The first kappa shape index (κ1) is 12.3. The molecule has 1 atom stereocenters. The van der Waals surface area contributed by atoms with Gasteiger partial charge in [0.05, 0.1) is 6.61 Å². The molecule has 3 nitrogen and oxygen atoms in total. The van der Waals surface area contributed by atoms with Gasteiger partial charge in [0.15, 0.2) is 0 Å². The van der Waals surface area contributed by atoms with Crippen LogP contribution in [0.15, 0.2) is 0 Å². The number of nitrogens with one attached hydrogen (secondary N) is 1. The van der Waals surface area contributed by atoms with Crippen LogP contribution in [0.5, 0.6) is 0 Å². The van der Waals surface area contributed by atoms with E-state index in [1.54, 1.807) is 0 Å². The second-order valence-electron chi connectivity index (χ2n) is 5.74. The van der Waals surface area contributed by atoms with E-state index in [4.69, 9.17) is 4.74 Å². The van der Waals surface area contributed by atoms with Crippen molar-refractivity contribution < 1.29 is 9.53 Å². The van der Waals surface area contributed by atoms with Crippen LogP contribution in [0.4, 0.5) is 4.79 Å². The molecule has 1 rings (SSSR count). The number of amides is 1. The SMILES string of the molecule is CC(C)COC(=O)NC1CCC(C)(C)C1. The highest BCUT2D eigenvalue weighted by molar-refractivity contribution is 5.67. The normalized spacial score (nSPS) is 24.2. The van der Waals surface area contributed by atoms with Gasteiger partial charge in [-0.15, -0.1) is 0 Å². The molecule has 0 radical (unpaired) electrons. The molecule has 88 valence electrons. The molecule has 1 saturated carbocycles. The van der Waals surface area contributed by atoms with E-state index >= 15 is 0 Å². The number of carbonyl (C=O) groups excluding carboxylic acids is 1. The lowest BCUT2D eigenvalue weighted by atomic mass is 9.92. The lowest BCUT2D eigenvalue weighted by molar-refractivity contribution is 0.129. The molecule has 0 aromatic rings. The molecule has 1 amide bonds. The Morgan fingerprint density at radius 1 is 1.53 bits per heavy atom. The zero-order valence-electron chi connectivity index (χ0n) is 10.3. The molecule has 0 aromatic carbocycles. The summed E-state index contributed by atoms with van der Waals surface area (Å²) < 4.78 is 5.08. The monoisotopic (exact) mass is 213 g/mol. The minimum absolute atomic E-state index is 0.258. The number of carbonyl (C=O) groups is 1. The van der Waals surface area contributed by atoms with E-state index in [0.717, 1.165) is 12.8 Å². The van der Waals surface area contributed by atoms with Crippen molar-refractivity contribution in [3.63, 3.8) is 0 Å². The molecular formula is C12H23NO2. The van der Waals surface area contributed by atoms with E-state index in [1.165, 1.54) is 6.42 Å². The number of alkyl carbamates (subject to hydrolysis) is 1. The van der Waals surface area contributed by atoms with Gasteiger partial charge in [0, 0.05) is 6.04 Å². The number of ether oxygens (including phenoxy) is 1. The van der Waals surface area contributed by atoms with E-state index in [2.05, 4.69) is 19.2 Å². The predicted molar refractivity (Wildman–Crippen MR) is 60.7 cm³/mol. The third-order valence-electron chi connectivity index (χ3n) is 2.84. The average Bonchev–Trinajstić information content (AvgIpc) is 2.42. The van der Waals surface area contributed by atoms with Crippen molar-refractivity contribution in [3.8, 4) is 0 Å². The Hall–Kier alpha value is -0.730. The molecule has 0 heterocycles. The van der Waals surface area contributed by atoms with Crippen LogP contribution >= 0.6 is 0 Å². The molecule has 15 heavy (non-hydrogen) atoms. The second-order valence-corrected chi connectivity index (χ2v) is 5.74. The summed E-state index contributed by atoms with van der Waals surface area (Å²) in [4.78, 5) is 11.4. The Balaban J connectivity index is 2.22. The smallest absolute Gasteiger partial charge is 0.407 e. The van der Waals surface area contributed by atoms with Gasteiger partial charge in [-0.3, -0.25) is 0 Å². The van der Waals surface area contributed by atoms with Crippen molar-refractivity contribution in [1.29, 1.82) is 0 Å². The van der Waals surface area contributed by atoms with E-state index in [-0.39, 0.29) is 6.09 Å². The molecule has 0 aliphatic heterocycles. The van der Waals surface area contributed by atoms with Gasteiger partial charge in [-0.25, -0.2) is 4.79 Å². The maximum Gasteiger partial charge on any atom is 0.407 e. The average molecular weight is 213 g/mol. The molecule has 1 unspecified atom stereocenters. The molecule has 0 bridgehead atoms. The topological polar surface area (TPSA) is 38.3 Å². The molecule has 1 aliphatic rings. The summed E-state index contributed by atoms with van der Waals surface area (Å²) in [7, 11) is 0. The largest absolute Gasteiger partial charge is 0.449 e. The zero-order chi connectivity index (χ0) is 11.5. The zero-order valence-corrected chi connectivity index (χ0v) is 10.3. The Morgan fingerprint density at radius 3 is 2.67 bits per heavy atom. The summed E-state index contributed by atoms with van der Waals surface area (Å²) in [6, 6.07) is 0.305. The summed E-state index contributed by atoms with van der Waals surface area (Å²) in [5.41, 5.74) is 0.371. The van der Waals surface area contributed by atoms with Gasteiger partial charge in [-0.1, -0.05) is 27.7 Å². The number of hydrogen-bond donors (Lipinski definition) is 1. The Kier molecular flexibility index (Phi) is 4.00. The highest BCUT2D eigenvalue weighted by Gasteiger charge is 2.31. The lowest BCUT2D eigenvalue weighted by Gasteiger charge is -2.18. The fourth-order valence-corrected chi connectivity index (χ4v) is 2.01. The molecular weight excluding hydrogens is 190 g/mol. The number of rotatable bonds is 3. The fraction of sp³-hybridized carbons (Fsp3) is 0.917. The van der Waals surface area contributed by atoms with Gasteiger partial charge in [0.2, 0.25) is 0 Å². The standard InChI is InChI=1S/C12H23NO2/c1-9(2)8-15-11(14)13-10-5-6-12(3,4)7-10/h9-10H,5-8H2,1-4H3,(H,13,14). The van der Waals surface area contributed by atoms with Gasteiger partial charge in [0.25, 0.3) is 0 Å². The predicted octanol–water partition coefficient (Wildman–Crippen LogP) is 2.95. The lowest BCUT2D eigenvalue weighted by Crippen LogP contribution is -2.34. The molecule has 0 saturated heterocycles. The maximum atomic E-state index is 11.4. The van der Waals surface area contributed by atoms with Crippen LogP contribution in [0, 0.1) is 11.3 Å². The molecule has 3 heteroatoms. The van der Waals surface area contributed by atoms with Crippen molar-refractivity contribution in [2.24, 2.45) is 11.3 Å². The van der Waals surface area contributed by atoms with E-state index < -0.39 is 0 Å². The van der Waals surface area contributed by atoms with Crippen molar-refractivity contribution in [2.45, 2.75) is 53.0 Å². The quantitative estimate of drug-likeness (QED) is 0.782. The minimum atomic E-state index is -0.258. The summed E-state index contributed by atoms with van der Waals surface area (Å²) in [5.74, 6) is 0.399. The first-order valence-corrected chi connectivity index (χ1v) is 5.82. The second kappa shape index (κ2) is 4.86. The van der Waals surface area contributed by atoms with Crippen LogP contribution in [0.2, 0.25) is 0 Å². The first-order chi connectivity index (χ1) is 6.89. The maximum absolute atomic E-state index is 11.4. The van der Waals surface area contributed by atoms with E-state index in [0.29, 0.717) is 24.0 Å². The van der Waals surface area contributed by atoms with Crippen molar-refractivity contribution in [2.75, 3.05) is 6.61 Å². The van der Waals surface area contributed by atoms with Crippen LogP contribution in [-0.2, 0) is 4.74 Å². The van der Waals surface area contributed by atoms with Gasteiger partial charge in [-0.2, -0.15) is 0 Å². The van der Waals surface area contributed by atoms with Gasteiger partial charge in [0.1, 0.15) is 0 Å². The Morgan fingerprint density at radius 2 is 2.20 bits per heavy atom. The van der Waals surface area contributed by atoms with Crippen molar-refractivity contribution in [3.05, 3.63) is 0 Å². The van der Waals surface area contributed by atoms with Crippen molar-refractivity contribution in [1.82, 2.24) is 5.32 Å². The van der Waals surface area contributed by atoms with Gasteiger partial charge >= 0.3 is 6.09 Å². The Bertz CT molecular complexity index is 224. The highest BCUT2D eigenvalue weighted by Crippen LogP contribution is 2.36. The third-order valence-corrected chi connectivity index (χ3v) is 2.84. The molecule has 1 N–H and O–H groups in total. The van der Waals surface area contributed by atoms with Crippen LogP contribution in [-0.4, -0.2) is 18.7 Å². The minimum Gasteiger partial charge on any atom is -0.449 e. The summed E-state index contributed by atoms with van der Waals surface area (Å²) in [6.07, 6.45) is 3.06. The van der Waals surface area contributed by atoms with Gasteiger partial charge in [-0.05, 0) is 30.6 Å². The first-order valence-electron chi connectivity index (χ1n) is 5.82. The van der Waals surface area contributed by atoms with E-state index in [9.17, 15) is 4.79 Å². The van der Waals surface area contributed by atoms with E-state index in [1.807, 2.05) is 13.8 Å². The summed E-state index contributed by atoms with van der Waals surface area (Å²) in [5, 5.41) is 2.93. The van der Waals surface area contributed by atoms with Crippen LogP contribution < -0.4 is 5.32 Å². The van der Waals surface area contributed by atoms with Crippen LogP contribution in [0.25, 0.3) is 0 Å². The van der Waals surface area contributed by atoms with Crippen molar-refractivity contribution >= 4 is 6.09 Å². The van der Waals surface area contributed by atoms with Crippen LogP contribution in [0.1, 0.15) is 47.0 Å². The van der Waals surface area contributed by atoms with Crippen LogP contribution in [0.3, 0.4) is 0 Å². The highest BCUT2D eigenvalue weighted by atomic mass is 16.5. The number of hydrogen-bond acceptors (Lipinski definition) is 2. The molecule has 1 fully saturated rings. The van der Waals surface area contributed by atoms with Gasteiger partial charge < -0.3 is 10.1 Å². The molecule has 1 aliphatic carbocycles.